The molecule has 1 amide bonds. The van der Waals surface area contributed by atoms with Gasteiger partial charge in [-0.15, -0.1) is 0 Å². The van der Waals surface area contributed by atoms with Gasteiger partial charge in [0.05, 0.1) is 30.9 Å². The molecule has 3 N–H and O–H groups in total. The van der Waals surface area contributed by atoms with Gasteiger partial charge in [0.15, 0.2) is 0 Å². The predicted octanol–water partition coefficient (Wildman–Crippen LogP) is 1.53. The van der Waals surface area contributed by atoms with Crippen LogP contribution < -0.4 is 14.8 Å². The number of sulfonamides is 1. The number of carboxylic acid groups (broad SMARTS) is 1. The van der Waals surface area contributed by atoms with Crippen LogP contribution in [0.4, 0.5) is 11.4 Å². The van der Waals surface area contributed by atoms with Crippen molar-refractivity contribution < 1.29 is 27.9 Å². The normalized spacial score (nSPS) is 26.5. The largest absolute Gasteiger partial charge is 0.495 e. The molecule has 1 saturated carbocycles. The predicted molar refractivity (Wildman–Crippen MR) is 95.4 cm³/mol. The van der Waals surface area contributed by atoms with Gasteiger partial charge in [-0.25, -0.2) is 8.42 Å². The number of hydrogen-bond donors (Lipinski definition) is 3. The Labute approximate surface area is 151 Å². The molecule has 4 atom stereocenters. The summed E-state index contributed by atoms with van der Waals surface area (Å²) in [5, 5.41) is 12.2. The zero-order chi connectivity index (χ0) is 19.1. The van der Waals surface area contributed by atoms with E-state index in [1.807, 2.05) is 12.2 Å². The molecule has 9 heteroatoms. The average Bonchev–Trinajstić information content (AvgIpc) is 3.14. The minimum absolute atomic E-state index is 0.0898. The van der Waals surface area contributed by atoms with E-state index in [9.17, 15) is 23.1 Å². The number of nitrogens with one attached hydrogen (secondary N) is 2. The van der Waals surface area contributed by atoms with Gasteiger partial charge in [0.25, 0.3) is 0 Å². The minimum Gasteiger partial charge on any atom is -0.495 e. The Balaban J connectivity index is 1.82. The standard InChI is InChI=1S/C17H20N2O6S/c1-25-13-6-5-11(8-12(13)19-26(2,23)24)18-16(20)14-9-3-4-10(7-9)15(14)17(21)22/h3-6,8-10,14-15,19H,7H2,1-2H3,(H,18,20)(H,21,22)/t9-,10-,14-,15+/m0/s1. The number of carboxylic acids is 1. The monoisotopic (exact) mass is 380 g/mol. The second-order valence-corrected chi connectivity index (χ2v) is 8.37. The van der Waals surface area contributed by atoms with Crippen molar-refractivity contribution in [2.24, 2.45) is 23.7 Å². The summed E-state index contributed by atoms with van der Waals surface area (Å²) in [6, 6.07) is 4.54. The van der Waals surface area contributed by atoms with Gasteiger partial charge >= 0.3 is 5.97 Å². The summed E-state index contributed by atoms with van der Waals surface area (Å²) in [6.07, 6.45) is 5.45. The van der Waals surface area contributed by atoms with Gasteiger partial charge in [-0.2, -0.15) is 0 Å². The fourth-order valence-electron chi connectivity index (χ4n) is 3.81. The molecule has 2 aliphatic carbocycles. The lowest BCUT2D eigenvalue weighted by Gasteiger charge is -2.24. The third kappa shape index (κ3) is 3.52. The van der Waals surface area contributed by atoms with E-state index in [1.54, 1.807) is 6.07 Å². The molecule has 1 aromatic rings. The molecule has 0 aromatic heterocycles. The number of amides is 1. The van der Waals surface area contributed by atoms with Gasteiger partial charge < -0.3 is 15.2 Å². The molecule has 2 aliphatic rings. The number of ether oxygens (including phenoxy) is 1. The Kier molecular flexibility index (Phi) is 4.66. The molecule has 140 valence electrons. The molecule has 0 spiro atoms. The molecule has 1 fully saturated rings. The Morgan fingerprint density at radius 3 is 2.42 bits per heavy atom. The number of methoxy groups -OCH3 is 1. The Bertz CT molecular complexity index is 879. The number of hydrogen-bond acceptors (Lipinski definition) is 5. The smallest absolute Gasteiger partial charge is 0.307 e. The maximum Gasteiger partial charge on any atom is 0.307 e. The molecule has 0 aliphatic heterocycles. The number of carbonyl (C=O) groups is 2. The molecule has 0 radical (unpaired) electrons. The van der Waals surface area contributed by atoms with Crippen molar-refractivity contribution in [2.75, 3.05) is 23.4 Å². The van der Waals surface area contributed by atoms with Crippen LogP contribution >= 0.6 is 0 Å². The highest BCUT2D eigenvalue weighted by Crippen LogP contribution is 2.48. The third-order valence-corrected chi connectivity index (χ3v) is 5.40. The highest BCUT2D eigenvalue weighted by Gasteiger charge is 2.51. The molecule has 3 rings (SSSR count). The number of benzene rings is 1. The maximum absolute atomic E-state index is 12.7. The summed E-state index contributed by atoms with van der Waals surface area (Å²) in [5.41, 5.74) is 0.549. The first-order valence-electron chi connectivity index (χ1n) is 8.07. The second kappa shape index (κ2) is 6.64. The first-order valence-corrected chi connectivity index (χ1v) is 9.96. The van der Waals surface area contributed by atoms with Gasteiger partial charge in [-0.1, -0.05) is 12.2 Å². The minimum atomic E-state index is -3.53. The summed E-state index contributed by atoms with van der Waals surface area (Å²) in [7, 11) is -2.12. The fourth-order valence-corrected chi connectivity index (χ4v) is 4.37. The summed E-state index contributed by atoms with van der Waals surface area (Å²) >= 11 is 0. The zero-order valence-corrected chi connectivity index (χ0v) is 15.1. The number of fused-ring (bicyclic) bond motifs is 2. The molecular formula is C17H20N2O6S. The van der Waals surface area contributed by atoms with Gasteiger partial charge in [-0.05, 0) is 36.5 Å². The highest BCUT2D eigenvalue weighted by atomic mass is 32.2. The van der Waals surface area contributed by atoms with Gasteiger partial charge in [0.2, 0.25) is 15.9 Å². The first kappa shape index (κ1) is 18.2. The van der Waals surface area contributed by atoms with Crippen molar-refractivity contribution in [1.82, 2.24) is 0 Å². The van der Waals surface area contributed by atoms with E-state index in [4.69, 9.17) is 4.74 Å². The van der Waals surface area contributed by atoms with E-state index >= 15 is 0 Å². The Hall–Kier alpha value is -2.55. The fraction of sp³-hybridized carbons (Fsp3) is 0.412. The van der Waals surface area contributed by atoms with Crippen LogP contribution in [-0.4, -0.2) is 38.8 Å². The Morgan fingerprint density at radius 1 is 1.19 bits per heavy atom. The van der Waals surface area contributed by atoms with Crippen LogP contribution in [0.5, 0.6) is 5.75 Å². The van der Waals surface area contributed by atoms with E-state index in [-0.39, 0.29) is 23.4 Å². The molecule has 2 bridgehead atoms. The number of carbonyl (C=O) groups excluding carboxylic acids is 1. The first-order chi connectivity index (χ1) is 12.2. The highest BCUT2D eigenvalue weighted by molar-refractivity contribution is 7.92. The van der Waals surface area contributed by atoms with E-state index in [0.717, 1.165) is 6.26 Å². The van der Waals surface area contributed by atoms with E-state index in [2.05, 4.69) is 10.0 Å². The van der Waals surface area contributed by atoms with E-state index < -0.39 is 27.8 Å². The average molecular weight is 380 g/mol. The topological polar surface area (TPSA) is 122 Å². The van der Waals surface area contributed by atoms with Crippen molar-refractivity contribution in [3.05, 3.63) is 30.4 Å². The van der Waals surface area contributed by atoms with Gasteiger partial charge in [-0.3, -0.25) is 14.3 Å². The van der Waals surface area contributed by atoms with Crippen LogP contribution in [0.3, 0.4) is 0 Å². The molecule has 1 aromatic carbocycles. The number of rotatable bonds is 6. The third-order valence-electron chi connectivity index (χ3n) is 4.81. The van der Waals surface area contributed by atoms with Crippen LogP contribution in [0.15, 0.2) is 30.4 Å². The summed E-state index contributed by atoms with van der Waals surface area (Å²) in [6.45, 7) is 0. The quantitative estimate of drug-likeness (QED) is 0.644. The van der Waals surface area contributed by atoms with Crippen LogP contribution in [0.2, 0.25) is 0 Å². The van der Waals surface area contributed by atoms with Crippen molar-refractivity contribution in [2.45, 2.75) is 6.42 Å². The van der Waals surface area contributed by atoms with Crippen molar-refractivity contribution in [1.29, 1.82) is 0 Å². The van der Waals surface area contributed by atoms with E-state index in [0.29, 0.717) is 17.9 Å². The van der Waals surface area contributed by atoms with Crippen LogP contribution in [-0.2, 0) is 19.6 Å². The summed E-state index contributed by atoms with van der Waals surface area (Å²) < 4.78 is 30.4. The summed E-state index contributed by atoms with van der Waals surface area (Å²) in [4.78, 5) is 24.2. The molecule has 0 saturated heterocycles. The molecule has 0 heterocycles. The Morgan fingerprint density at radius 2 is 1.85 bits per heavy atom. The SMILES string of the molecule is COc1ccc(NC(=O)[C@@H]2[C@H](C(=O)O)[C@H]3C=C[C@H]2C3)cc1NS(C)(=O)=O. The lowest BCUT2D eigenvalue weighted by molar-refractivity contribution is -0.146. The lowest BCUT2D eigenvalue weighted by Crippen LogP contribution is -2.36. The van der Waals surface area contributed by atoms with Crippen molar-refractivity contribution in [3.63, 3.8) is 0 Å². The number of allylic oxidation sites excluding steroid dienone is 2. The number of anilines is 2. The van der Waals surface area contributed by atoms with Crippen molar-refractivity contribution in [3.8, 4) is 5.75 Å². The molecule has 26 heavy (non-hydrogen) atoms. The molecular weight excluding hydrogens is 360 g/mol. The second-order valence-electron chi connectivity index (χ2n) is 6.62. The van der Waals surface area contributed by atoms with Crippen LogP contribution in [0, 0.1) is 23.7 Å². The van der Waals surface area contributed by atoms with Gasteiger partial charge in [0.1, 0.15) is 5.75 Å². The number of aliphatic carboxylic acids is 1. The maximum atomic E-state index is 12.7. The van der Waals surface area contributed by atoms with Gasteiger partial charge in [0, 0.05) is 5.69 Å². The van der Waals surface area contributed by atoms with E-state index in [1.165, 1.54) is 19.2 Å². The molecule has 8 nitrogen and oxygen atoms in total. The van der Waals surface area contributed by atoms with Crippen molar-refractivity contribution >= 4 is 33.3 Å². The van der Waals surface area contributed by atoms with Crippen LogP contribution in [0.1, 0.15) is 6.42 Å². The lowest BCUT2D eigenvalue weighted by atomic mass is 9.82. The summed E-state index contributed by atoms with van der Waals surface area (Å²) in [5.74, 6) is -2.65. The zero-order valence-electron chi connectivity index (χ0n) is 14.3. The molecule has 0 unspecified atom stereocenters. The van der Waals surface area contributed by atoms with Crippen LogP contribution in [0.25, 0.3) is 0 Å².